The van der Waals surface area contributed by atoms with Crippen LogP contribution in [0.5, 0.6) is 11.5 Å². The first-order chi connectivity index (χ1) is 19.7. The van der Waals surface area contributed by atoms with Gasteiger partial charge in [-0.1, -0.05) is 28.1 Å². The third kappa shape index (κ3) is 7.60. The van der Waals surface area contributed by atoms with E-state index in [4.69, 9.17) is 9.47 Å². The molecular weight excluding hydrogens is 629 g/mol. The third-order valence-corrected chi connectivity index (χ3v) is 8.73. The van der Waals surface area contributed by atoms with Gasteiger partial charge in [0.15, 0.2) is 11.5 Å². The number of benzene rings is 3. The summed E-state index contributed by atoms with van der Waals surface area (Å²) in [5.74, 6) is -0.914. The summed E-state index contributed by atoms with van der Waals surface area (Å²) in [7, 11) is -4.36. The summed E-state index contributed by atoms with van der Waals surface area (Å²) in [6.45, 7) is 7.08. The Kier molecular flexibility index (Phi) is 9.47. The standard InChI is InChI=1S/C30H33BrFN3O6S/c1-20(29(37)33-30(2,3)4)34(18-21-5-7-22(31)8-6-21)28(36)19-35(24-11-9-23(32)10-12-24)42(38,39)25-13-14-26-27(17-25)41-16-15-40-26/h5-14,17,20H,15-16,18-19H2,1-4H3,(H,33,37)/t20-/m1/s1. The smallest absolute Gasteiger partial charge is 0.264 e. The van der Waals surface area contributed by atoms with Crippen molar-refractivity contribution in [1.29, 1.82) is 0 Å². The lowest BCUT2D eigenvalue weighted by atomic mass is 10.1. The highest BCUT2D eigenvalue weighted by molar-refractivity contribution is 9.10. The molecule has 2 amide bonds. The number of hydrogen-bond donors (Lipinski definition) is 1. The van der Waals surface area contributed by atoms with Gasteiger partial charge in [0.05, 0.1) is 10.6 Å². The number of ether oxygens (including phenoxy) is 2. The molecule has 42 heavy (non-hydrogen) atoms. The van der Waals surface area contributed by atoms with Crippen molar-refractivity contribution in [2.24, 2.45) is 0 Å². The molecule has 1 N–H and O–H groups in total. The van der Waals surface area contributed by atoms with Crippen LogP contribution in [0.4, 0.5) is 10.1 Å². The quantitative estimate of drug-likeness (QED) is 0.350. The van der Waals surface area contributed by atoms with Gasteiger partial charge >= 0.3 is 0 Å². The molecule has 3 aromatic carbocycles. The number of carbonyl (C=O) groups excluding carboxylic acids is 2. The number of sulfonamides is 1. The molecule has 12 heteroatoms. The molecule has 1 atom stereocenters. The Morgan fingerprint density at radius 1 is 0.976 bits per heavy atom. The van der Waals surface area contributed by atoms with Gasteiger partial charge in [0, 0.05) is 22.6 Å². The number of carbonyl (C=O) groups is 2. The molecule has 0 aromatic heterocycles. The molecule has 3 aromatic rings. The van der Waals surface area contributed by atoms with Gasteiger partial charge in [-0.05, 0) is 81.8 Å². The van der Waals surface area contributed by atoms with E-state index < -0.39 is 45.8 Å². The normalized spacial score (nSPS) is 13.7. The summed E-state index contributed by atoms with van der Waals surface area (Å²) in [6, 6.07) is 15.3. The average Bonchev–Trinajstić information content (AvgIpc) is 2.94. The van der Waals surface area contributed by atoms with Crippen molar-refractivity contribution in [3.63, 3.8) is 0 Å². The van der Waals surface area contributed by atoms with Gasteiger partial charge in [0.1, 0.15) is 31.6 Å². The van der Waals surface area contributed by atoms with E-state index in [2.05, 4.69) is 21.2 Å². The van der Waals surface area contributed by atoms with E-state index in [-0.39, 0.29) is 29.5 Å². The molecule has 0 fully saturated rings. The largest absolute Gasteiger partial charge is 0.486 e. The Morgan fingerprint density at radius 3 is 2.21 bits per heavy atom. The van der Waals surface area contributed by atoms with Crippen LogP contribution in [0.15, 0.2) is 76.1 Å². The van der Waals surface area contributed by atoms with E-state index in [9.17, 15) is 22.4 Å². The number of rotatable bonds is 9. The molecule has 0 saturated carbocycles. The van der Waals surface area contributed by atoms with Crippen LogP contribution in [0.1, 0.15) is 33.3 Å². The van der Waals surface area contributed by atoms with Crippen LogP contribution in [0.2, 0.25) is 0 Å². The van der Waals surface area contributed by atoms with Gasteiger partial charge in [-0.3, -0.25) is 13.9 Å². The van der Waals surface area contributed by atoms with Crippen LogP contribution < -0.4 is 19.1 Å². The van der Waals surface area contributed by atoms with Crippen LogP contribution >= 0.6 is 15.9 Å². The predicted molar refractivity (Wildman–Crippen MR) is 160 cm³/mol. The molecule has 0 saturated heterocycles. The Hall–Kier alpha value is -3.64. The van der Waals surface area contributed by atoms with Gasteiger partial charge in [-0.15, -0.1) is 0 Å². The van der Waals surface area contributed by atoms with Crippen molar-refractivity contribution < 1.29 is 31.9 Å². The molecule has 1 aliphatic rings. The summed E-state index contributed by atoms with van der Waals surface area (Å²) in [5.41, 5.74) is 0.263. The van der Waals surface area contributed by atoms with Crippen molar-refractivity contribution >= 4 is 43.5 Å². The van der Waals surface area contributed by atoms with E-state index in [0.29, 0.717) is 12.4 Å². The molecule has 0 radical (unpaired) electrons. The fraction of sp³-hybridized carbons (Fsp3) is 0.333. The van der Waals surface area contributed by atoms with Crippen LogP contribution in [0.25, 0.3) is 0 Å². The fourth-order valence-electron chi connectivity index (χ4n) is 4.29. The van der Waals surface area contributed by atoms with Gasteiger partial charge in [0.2, 0.25) is 11.8 Å². The molecule has 0 unspecified atom stereocenters. The number of anilines is 1. The molecule has 9 nitrogen and oxygen atoms in total. The predicted octanol–water partition coefficient (Wildman–Crippen LogP) is 4.89. The lowest BCUT2D eigenvalue weighted by molar-refractivity contribution is -0.140. The Labute approximate surface area is 253 Å². The maximum absolute atomic E-state index is 14.0. The molecule has 0 aliphatic carbocycles. The first kappa shape index (κ1) is 31.3. The van der Waals surface area contributed by atoms with E-state index in [1.165, 1.54) is 35.2 Å². The van der Waals surface area contributed by atoms with Crippen molar-refractivity contribution in [2.75, 3.05) is 24.1 Å². The molecule has 1 heterocycles. The maximum atomic E-state index is 14.0. The molecule has 0 spiro atoms. The molecule has 4 rings (SSSR count). The average molecular weight is 663 g/mol. The SMILES string of the molecule is C[C@H](C(=O)NC(C)(C)C)N(Cc1ccc(Br)cc1)C(=O)CN(c1ccc(F)cc1)S(=O)(=O)c1ccc2c(c1)OCCO2. The minimum atomic E-state index is -4.36. The van der Waals surface area contributed by atoms with Gasteiger partial charge in [-0.25, -0.2) is 12.8 Å². The Bertz CT molecular complexity index is 1540. The topological polar surface area (TPSA) is 105 Å². The summed E-state index contributed by atoms with van der Waals surface area (Å²) in [5, 5.41) is 2.89. The Morgan fingerprint density at radius 2 is 1.60 bits per heavy atom. The monoisotopic (exact) mass is 661 g/mol. The summed E-state index contributed by atoms with van der Waals surface area (Å²) < 4.78 is 54.7. The van der Waals surface area contributed by atoms with E-state index in [1.54, 1.807) is 6.92 Å². The highest BCUT2D eigenvalue weighted by Crippen LogP contribution is 2.34. The van der Waals surface area contributed by atoms with Crippen molar-refractivity contribution in [3.8, 4) is 11.5 Å². The summed E-state index contributed by atoms with van der Waals surface area (Å²) in [4.78, 5) is 28.4. The van der Waals surface area contributed by atoms with Crippen molar-refractivity contribution in [2.45, 2.75) is 50.7 Å². The zero-order chi connectivity index (χ0) is 30.7. The third-order valence-electron chi connectivity index (χ3n) is 6.43. The minimum absolute atomic E-state index is 0.0478. The van der Waals surface area contributed by atoms with E-state index in [0.717, 1.165) is 26.5 Å². The summed E-state index contributed by atoms with van der Waals surface area (Å²) in [6.07, 6.45) is 0. The number of nitrogens with zero attached hydrogens (tertiary/aromatic N) is 2. The van der Waals surface area contributed by atoms with Crippen LogP contribution in [-0.2, 0) is 26.2 Å². The zero-order valence-corrected chi connectivity index (χ0v) is 26.2. The summed E-state index contributed by atoms with van der Waals surface area (Å²) >= 11 is 3.39. The highest BCUT2D eigenvalue weighted by Gasteiger charge is 2.34. The number of amides is 2. The zero-order valence-electron chi connectivity index (χ0n) is 23.8. The van der Waals surface area contributed by atoms with Crippen LogP contribution in [0, 0.1) is 5.82 Å². The maximum Gasteiger partial charge on any atom is 0.264 e. The lowest BCUT2D eigenvalue weighted by Crippen LogP contribution is -2.54. The fourth-order valence-corrected chi connectivity index (χ4v) is 5.99. The van der Waals surface area contributed by atoms with Crippen LogP contribution in [0.3, 0.4) is 0 Å². The van der Waals surface area contributed by atoms with E-state index in [1.807, 2.05) is 45.0 Å². The highest BCUT2D eigenvalue weighted by atomic mass is 79.9. The second kappa shape index (κ2) is 12.7. The minimum Gasteiger partial charge on any atom is -0.486 e. The van der Waals surface area contributed by atoms with Gasteiger partial charge < -0.3 is 19.7 Å². The number of fused-ring (bicyclic) bond motifs is 1. The van der Waals surface area contributed by atoms with Crippen molar-refractivity contribution in [3.05, 3.63) is 82.6 Å². The van der Waals surface area contributed by atoms with E-state index >= 15 is 0 Å². The lowest BCUT2D eigenvalue weighted by Gasteiger charge is -2.33. The second-order valence-electron chi connectivity index (χ2n) is 10.9. The number of halogens is 2. The first-order valence-electron chi connectivity index (χ1n) is 13.3. The van der Waals surface area contributed by atoms with Crippen molar-refractivity contribution in [1.82, 2.24) is 10.2 Å². The van der Waals surface area contributed by atoms with Gasteiger partial charge in [-0.2, -0.15) is 0 Å². The molecular formula is C30H33BrFN3O6S. The molecule has 1 aliphatic heterocycles. The Balaban J connectivity index is 1.72. The van der Waals surface area contributed by atoms with Crippen LogP contribution in [-0.4, -0.2) is 56.5 Å². The molecule has 0 bridgehead atoms. The molecule has 224 valence electrons. The number of nitrogens with one attached hydrogen (secondary N) is 1. The second-order valence-corrected chi connectivity index (χ2v) is 13.6. The number of hydrogen-bond acceptors (Lipinski definition) is 6. The first-order valence-corrected chi connectivity index (χ1v) is 15.5. The van der Waals surface area contributed by atoms with Gasteiger partial charge in [0.25, 0.3) is 10.0 Å².